The average Bonchev–Trinajstić information content (AvgIpc) is 2.26. The van der Waals surface area contributed by atoms with Gasteiger partial charge in [0.25, 0.3) is 0 Å². The van der Waals surface area contributed by atoms with E-state index >= 15 is 0 Å². The van der Waals surface area contributed by atoms with Crippen molar-refractivity contribution in [2.24, 2.45) is 0 Å². The molecule has 6 heavy (non-hydrogen) atoms. The number of rotatable bonds is 0. The maximum Gasteiger partial charge on any atom is 0.146 e. The zero-order valence-electron chi connectivity index (χ0n) is 3.27. The van der Waals surface area contributed by atoms with Gasteiger partial charge in [-0.25, -0.2) is 0 Å². The molecule has 0 aromatic heterocycles. The van der Waals surface area contributed by atoms with Crippen molar-refractivity contribution in [2.75, 3.05) is 6.61 Å². The molecule has 0 bridgehead atoms. The molecule has 0 atom stereocenters. The van der Waals surface area contributed by atoms with Crippen molar-refractivity contribution < 1.29 is 4.74 Å². The predicted molar refractivity (Wildman–Crippen MR) is 22.1 cm³/mol. The zero-order valence-corrected chi connectivity index (χ0v) is 3.27. The summed E-state index contributed by atoms with van der Waals surface area (Å²) < 4.78 is 4.85. The minimum atomic E-state index is 0.877. The Morgan fingerprint density at radius 2 is 2.17 bits per heavy atom. The van der Waals surface area contributed by atoms with E-state index < -0.39 is 0 Å². The van der Waals surface area contributed by atoms with Crippen molar-refractivity contribution in [3.63, 3.8) is 0 Å². The normalized spacial score (nSPS) is 24.0. The molecular weight excluding hydrogens is 76.1 g/mol. The van der Waals surface area contributed by atoms with Crippen molar-refractivity contribution in [3.05, 3.63) is 23.5 Å². The first-order chi connectivity index (χ1) is 2.97. The third kappa shape index (κ3) is 0.198. The molecule has 1 aliphatic carbocycles. The smallest absolute Gasteiger partial charge is 0.146 e. The van der Waals surface area contributed by atoms with E-state index in [0.717, 1.165) is 6.61 Å². The van der Waals surface area contributed by atoms with Gasteiger partial charge in [0.05, 0.1) is 0 Å². The first-order valence-corrected chi connectivity index (χ1v) is 2.01. The summed E-state index contributed by atoms with van der Waals surface area (Å²) >= 11 is 0. The van der Waals surface area contributed by atoms with Crippen LogP contribution in [0, 0.1) is 0 Å². The second-order valence-electron chi connectivity index (χ2n) is 1.50. The molecule has 1 fully saturated rings. The van der Waals surface area contributed by atoms with Gasteiger partial charge in [-0.1, -0.05) is 12.2 Å². The Hall–Kier alpha value is -0.720. The van der Waals surface area contributed by atoms with Crippen LogP contribution in [0.5, 0.6) is 0 Å². The van der Waals surface area contributed by atoms with E-state index in [0.29, 0.717) is 0 Å². The van der Waals surface area contributed by atoms with Crippen LogP contribution in [0.1, 0.15) is 0 Å². The topological polar surface area (TPSA) is 12.5 Å². The quantitative estimate of drug-likeness (QED) is 0.393. The SMILES string of the molecule is C1=CC1=C1CO1. The molecule has 0 spiro atoms. The molecule has 0 N–H and O–H groups in total. The van der Waals surface area contributed by atoms with Crippen LogP contribution in [-0.4, -0.2) is 6.61 Å². The Morgan fingerprint density at radius 1 is 1.50 bits per heavy atom. The van der Waals surface area contributed by atoms with Gasteiger partial charge in [0.2, 0.25) is 0 Å². The van der Waals surface area contributed by atoms with Gasteiger partial charge in [-0.3, -0.25) is 0 Å². The van der Waals surface area contributed by atoms with Crippen LogP contribution in [0.4, 0.5) is 0 Å². The van der Waals surface area contributed by atoms with Crippen LogP contribution in [0.2, 0.25) is 0 Å². The number of allylic oxidation sites excluding steroid dienone is 3. The Balaban J connectivity index is 2.38. The van der Waals surface area contributed by atoms with Crippen molar-refractivity contribution in [1.82, 2.24) is 0 Å². The first-order valence-electron chi connectivity index (χ1n) is 2.01. The van der Waals surface area contributed by atoms with E-state index in [4.69, 9.17) is 4.74 Å². The summed E-state index contributed by atoms with van der Waals surface area (Å²) in [4.78, 5) is 0. The van der Waals surface area contributed by atoms with E-state index in [1.54, 1.807) is 0 Å². The maximum absolute atomic E-state index is 4.85. The maximum atomic E-state index is 4.85. The monoisotopic (exact) mass is 80.0 g/mol. The molecule has 1 heteroatoms. The second-order valence-corrected chi connectivity index (χ2v) is 1.50. The highest BCUT2D eigenvalue weighted by atomic mass is 16.6. The van der Waals surface area contributed by atoms with Gasteiger partial charge >= 0.3 is 0 Å². The van der Waals surface area contributed by atoms with E-state index in [9.17, 15) is 0 Å². The van der Waals surface area contributed by atoms with Gasteiger partial charge in [-0.05, 0) is 0 Å². The molecular formula is C5H4O. The highest BCUT2D eigenvalue weighted by molar-refractivity contribution is 5.50. The largest absolute Gasteiger partial charge is 0.486 e. The lowest BCUT2D eigenvalue weighted by atomic mass is 10.5. The molecule has 1 aliphatic heterocycles. The molecule has 0 radical (unpaired) electrons. The highest BCUT2D eigenvalue weighted by Gasteiger charge is 2.20. The van der Waals surface area contributed by atoms with Crippen LogP contribution < -0.4 is 0 Å². The van der Waals surface area contributed by atoms with Crippen LogP contribution >= 0.6 is 0 Å². The third-order valence-corrected chi connectivity index (χ3v) is 0.944. The van der Waals surface area contributed by atoms with E-state index in [2.05, 4.69) is 12.2 Å². The van der Waals surface area contributed by atoms with E-state index in [1.807, 2.05) is 0 Å². The van der Waals surface area contributed by atoms with Gasteiger partial charge in [-0.2, -0.15) is 0 Å². The Labute approximate surface area is 35.9 Å². The number of hydrogen-bond donors (Lipinski definition) is 0. The molecule has 1 heterocycles. The van der Waals surface area contributed by atoms with Crippen LogP contribution in [-0.2, 0) is 4.74 Å². The molecule has 0 aromatic carbocycles. The van der Waals surface area contributed by atoms with Crippen molar-refractivity contribution in [1.29, 1.82) is 0 Å². The Kier molecular flexibility index (Phi) is 0.219. The van der Waals surface area contributed by atoms with Crippen LogP contribution in [0.15, 0.2) is 23.5 Å². The van der Waals surface area contributed by atoms with Crippen molar-refractivity contribution >= 4 is 0 Å². The molecule has 0 aromatic rings. The lowest BCUT2D eigenvalue weighted by Crippen LogP contribution is -1.43. The minimum Gasteiger partial charge on any atom is -0.486 e. The summed E-state index contributed by atoms with van der Waals surface area (Å²) in [6.07, 6.45) is 4.12. The second kappa shape index (κ2) is 0.535. The van der Waals surface area contributed by atoms with Gasteiger partial charge in [0.1, 0.15) is 12.4 Å². The lowest BCUT2D eigenvalue weighted by Gasteiger charge is -1.55. The summed E-state index contributed by atoms with van der Waals surface area (Å²) in [5.41, 5.74) is 1.31. The fourth-order valence-corrected chi connectivity index (χ4v) is 0.430. The Morgan fingerprint density at radius 3 is 2.33 bits per heavy atom. The van der Waals surface area contributed by atoms with Gasteiger partial charge in [-0.15, -0.1) is 0 Å². The highest BCUT2D eigenvalue weighted by Crippen LogP contribution is 2.28. The molecule has 2 rings (SSSR count). The fourth-order valence-electron chi connectivity index (χ4n) is 0.430. The average molecular weight is 80.1 g/mol. The van der Waals surface area contributed by atoms with Gasteiger partial charge in [0.15, 0.2) is 0 Å². The molecule has 1 nitrogen and oxygen atoms in total. The summed E-state index contributed by atoms with van der Waals surface area (Å²) in [6, 6.07) is 0. The molecule has 1 saturated heterocycles. The van der Waals surface area contributed by atoms with Crippen LogP contribution in [0.3, 0.4) is 0 Å². The van der Waals surface area contributed by atoms with Gasteiger partial charge in [0, 0.05) is 5.57 Å². The number of hydrogen-bond acceptors (Lipinski definition) is 1. The number of ether oxygens (including phenoxy) is 1. The molecule has 30 valence electrons. The van der Waals surface area contributed by atoms with Crippen LogP contribution in [0.25, 0.3) is 0 Å². The standard InChI is InChI=1S/C5H4O/c1-2-4(1)5-3-6-5/h1-2H,3H2. The lowest BCUT2D eigenvalue weighted by molar-refractivity contribution is 0.509. The van der Waals surface area contributed by atoms with Gasteiger partial charge < -0.3 is 4.74 Å². The minimum absolute atomic E-state index is 0.877. The molecule has 0 amide bonds. The Bertz CT molecular complexity index is 128. The zero-order chi connectivity index (χ0) is 3.98. The van der Waals surface area contributed by atoms with Crippen molar-refractivity contribution in [3.8, 4) is 0 Å². The molecule has 0 unspecified atom stereocenters. The first kappa shape index (κ1) is 2.45. The van der Waals surface area contributed by atoms with E-state index in [-0.39, 0.29) is 0 Å². The molecule has 2 aliphatic rings. The third-order valence-electron chi connectivity index (χ3n) is 0.944. The number of epoxide rings is 1. The van der Waals surface area contributed by atoms with Crippen molar-refractivity contribution in [2.45, 2.75) is 0 Å². The summed E-state index contributed by atoms with van der Waals surface area (Å²) in [6.45, 7) is 0.877. The summed E-state index contributed by atoms with van der Waals surface area (Å²) in [5, 5.41) is 0. The summed E-state index contributed by atoms with van der Waals surface area (Å²) in [7, 11) is 0. The summed E-state index contributed by atoms with van der Waals surface area (Å²) in [5.74, 6) is 1.18. The fraction of sp³-hybridized carbons (Fsp3) is 0.200. The van der Waals surface area contributed by atoms with E-state index in [1.165, 1.54) is 11.3 Å². The predicted octanol–water partition coefficient (Wildman–Crippen LogP) is 0.840. The molecule has 0 saturated carbocycles.